The van der Waals surface area contributed by atoms with E-state index in [9.17, 15) is 0 Å². The number of hydrogen-bond donors (Lipinski definition) is 3. The first kappa shape index (κ1) is 9.64. The molecule has 7 nitrogen and oxygen atoms in total. The Morgan fingerprint density at radius 2 is 2.35 bits per heavy atom. The molecule has 0 aliphatic heterocycles. The Balaban J connectivity index is 1.79. The van der Waals surface area contributed by atoms with Gasteiger partial charge in [0.1, 0.15) is 5.82 Å². The smallest absolute Gasteiger partial charge is 0.243 e. The Kier molecular flexibility index (Phi) is 2.14. The molecule has 0 spiro atoms. The van der Waals surface area contributed by atoms with Crippen molar-refractivity contribution in [3.8, 4) is 0 Å². The van der Waals surface area contributed by atoms with Gasteiger partial charge in [0, 0.05) is 18.3 Å². The average Bonchev–Trinajstić information content (AvgIpc) is 2.92. The maximum absolute atomic E-state index is 5.68. The van der Waals surface area contributed by atoms with Gasteiger partial charge in [-0.1, -0.05) is 6.07 Å². The average molecular weight is 229 g/mol. The van der Waals surface area contributed by atoms with Crippen molar-refractivity contribution in [2.45, 2.75) is 6.54 Å². The zero-order chi connectivity index (χ0) is 11.7. The van der Waals surface area contributed by atoms with Crippen molar-refractivity contribution < 1.29 is 0 Å². The number of nitrogen functional groups attached to an aromatic ring is 1. The van der Waals surface area contributed by atoms with Gasteiger partial charge in [0.15, 0.2) is 5.65 Å². The first-order valence-corrected chi connectivity index (χ1v) is 5.16. The van der Waals surface area contributed by atoms with Crippen LogP contribution in [-0.4, -0.2) is 24.8 Å². The molecular weight excluding hydrogens is 218 g/mol. The molecule has 17 heavy (non-hydrogen) atoms. The number of nitrogens with one attached hydrogen (secondary N) is 2. The van der Waals surface area contributed by atoms with Crippen LogP contribution in [0.3, 0.4) is 0 Å². The lowest BCUT2D eigenvalue weighted by atomic mass is 10.3. The quantitative estimate of drug-likeness (QED) is 0.612. The lowest BCUT2D eigenvalue weighted by Gasteiger charge is -1.98. The van der Waals surface area contributed by atoms with Crippen LogP contribution in [0.4, 0.5) is 11.8 Å². The minimum absolute atomic E-state index is 0.541. The van der Waals surface area contributed by atoms with Crippen LogP contribution in [0, 0.1) is 0 Å². The summed E-state index contributed by atoms with van der Waals surface area (Å²) in [7, 11) is 0. The number of aromatic amines is 1. The van der Waals surface area contributed by atoms with E-state index < -0.39 is 0 Å². The summed E-state index contributed by atoms with van der Waals surface area (Å²) in [6.07, 6.45) is 3.53. The summed E-state index contributed by atoms with van der Waals surface area (Å²) in [4.78, 5) is 4.31. The minimum atomic E-state index is 0.541. The predicted molar refractivity (Wildman–Crippen MR) is 63.3 cm³/mol. The van der Waals surface area contributed by atoms with E-state index in [1.807, 2.05) is 24.4 Å². The van der Waals surface area contributed by atoms with Crippen molar-refractivity contribution in [1.29, 1.82) is 0 Å². The van der Waals surface area contributed by atoms with E-state index in [2.05, 4.69) is 25.6 Å². The molecule has 0 saturated carbocycles. The zero-order valence-electron chi connectivity index (χ0n) is 8.96. The fraction of sp³-hybridized carbons (Fsp3) is 0.100. The lowest BCUT2D eigenvalue weighted by Crippen LogP contribution is -2.02. The molecule has 0 unspecified atom stereocenters. The number of nitrogens with two attached hydrogens (primary N) is 1. The van der Waals surface area contributed by atoms with Gasteiger partial charge in [-0.15, -0.1) is 5.10 Å². The van der Waals surface area contributed by atoms with E-state index in [4.69, 9.17) is 5.73 Å². The van der Waals surface area contributed by atoms with Crippen LogP contribution in [0.25, 0.3) is 5.65 Å². The van der Waals surface area contributed by atoms with Gasteiger partial charge in [0.2, 0.25) is 5.95 Å². The van der Waals surface area contributed by atoms with Crippen LogP contribution < -0.4 is 11.1 Å². The first-order valence-electron chi connectivity index (χ1n) is 5.16. The molecule has 0 saturated heterocycles. The third-order valence-corrected chi connectivity index (χ3v) is 2.43. The van der Waals surface area contributed by atoms with Gasteiger partial charge in [-0.3, -0.25) is 5.10 Å². The highest BCUT2D eigenvalue weighted by Gasteiger charge is 2.04. The van der Waals surface area contributed by atoms with E-state index in [1.54, 1.807) is 10.7 Å². The highest BCUT2D eigenvalue weighted by atomic mass is 15.3. The van der Waals surface area contributed by atoms with E-state index >= 15 is 0 Å². The number of hydrogen-bond acceptors (Lipinski definition) is 5. The SMILES string of the molecule is Nc1[nH]ncc1CNc1nc2ccccn2n1. The lowest BCUT2D eigenvalue weighted by molar-refractivity contribution is 0.951. The summed E-state index contributed by atoms with van der Waals surface area (Å²) in [5.74, 6) is 1.12. The largest absolute Gasteiger partial charge is 0.384 e. The molecule has 0 fully saturated rings. The topological polar surface area (TPSA) is 96.9 Å². The molecule has 0 bridgehead atoms. The van der Waals surface area contributed by atoms with E-state index in [-0.39, 0.29) is 0 Å². The highest BCUT2D eigenvalue weighted by molar-refractivity contribution is 5.44. The monoisotopic (exact) mass is 229 g/mol. The molecular formula is C10H11N7. The number of rotatable bonds is 3. The second kappa shape index (κ2) is 3.78. The van der Waals surface area contributed by atoms with E-state index in [0.717, 1.165) is 11.2 Å². The minimum Gasteiger partial charge on any atom is -0.384 e. The molecule has 0 aliphatic carbocycles. The van der Waals surface area contributed by atoms with Gasteiger partial charge < -0.3 is 11.1 Å². The Labute approximate surface area is 96.7 Å². The van der Waals surface area contributed by atoms with E-state index in [1.165, 1.54) is 0 Å². The Hall–Kier alpha value is -2.57. The van der Waals surface area contributed by atoms with Gasteiger partial charge in [-0.25, -0.2) is 4.52 Å². The van der Waals surface area contributed by atoms with Gasteiger partial charge in [-0.05, 0) is 12.1 Å². The van der Waals surface area contributed by atoms with Crippen LogP contribution in [0.1, 0.15) is 5.56 Å². The molecule has 4 N–H and O–H groups in total. The molecule has 3 rings (SSSR count). The van der Waals surface area contributed by atoms with Crippen molar-refractivity contribution in [2.24, 2.45) is 0 Å². The van der Waals surface area contributed by atoms with Crippen LogP contribution >= 0.6 is 0 Å². The van der Waals surface area contributed by atoms with Crippen molar-refractivity contribution in [3.05, 3.63) is 36.2 Å². The number of H-pyrrole nitrogens is 1. The molecule has 3 aromatic rings. The molecule has 7 heteroatoms. The molecule has 0 radical (unpaired) electrons. The van der Waals surface area contributed by atoms with Crippen molar-refractivity contribution in [2.75, 3.05) is 11.1 Å². The van der Waals surface area contributed by atoms with Crippen LogP contribution in [0.5, 0.6) is 0 Å². The summed E-state index contributed by atoms with van der Waals surface area (Å²) in [6.45, 7) is 0.541. The second-order valence-electron chi connectivity index (χ2n) is 3.60. The van der Waals surface area contributed by atoms with E-state index in [0.29, 0.717) is 18.3 Å². The summed E-state index contributed by atoms with van der Waals surface area (Å²) in [5, 5.41) is 13.9. The fourth-order valence-corrected chi connectivity index (χ4v) is 1.54. The van der Waals surface area contributed by atoms with Gasteiger partial charge in [0.25, 0.3) is 0 Å². The molecule has 3 aromatic heterocycles. The van der Waals surface area contributed by atoms with Crippen molar-refractivity contribution >= 4 is 17.4 Å². The summed E-state index contributed by atoms with van der Waals surface area (Å²) >= 11 is 0. The molecule has 0 amide bonds. The van der Waals surface area contributed by atoms with Crippen LogP contribution in [0.2, 0.25) is 0 Å². The first-order chi connectivity index (χ1) is 8.33. The highest BCUT2D eigenvalue weighted by Crippen LogP contribution is 2.09. The molecule has 0 aliphatic rings. The Morgan fingerprint density at radius 1 is 1.41 bits per heavy atom. The predicted octanol–water partition coefficient (Wildman–Crippen LogP) is 0.647. The Morgan fingerprint density at radius 3 is 3.12 bits per heavy atom. The maximum atomic E-state index is 5.68. The summed E-state index contributed by atoms with van der Waals surface area (Å²) in [6, 6.07) is 5.71. The van der Waals surface area contributed by atoms with Crippen molar-refractivity contribution in [1.82, 2.24) is 24.8 Å². The molecule has 0 aromatic carbocycles. The number of pyridine rings is 1. The van der Waals surface area contributed by atoms with Crippen molar-refractivity contribution in [3.63, 3.8) is 0 Å². The number of aromatic nitrogens is 5. The fourth-order valence-electron chi connectivity index (χ4n) is 1.54. The summed E-state index contributed by atoms with van der Waals surface area (Å²) < 4.78 is 1.71. The van der Waals surface area contributed by atoms with Gasteiger partial charge >= 0.3 is 0 Å². The maximum Gasteiger partial charge on any atom is 0.243 e. The molecule has 3 heterocycles. The summed E-state index contributed by atoms with van der Waals surface area (Å²) in [5.41, 5.74) is 7.37. The van der Waals surface area contributed by atoms with Crippen LogP contribution in [0.15, 0.2) is 30.6 Å². The van der Waals surface area contributed by atoms with Gasteiger partial charge in [0.05, 0.1) is 6.20 Å². The third kappa shape index (κ3) is 1.78. The Bertz CT molecular complexity index is 606. The third-order valence-electron chi connectivity index (χ3n) is 2.43. The number of anilines is 2. The molecule has 86 valence electrons. The number of nitrogens with zero attached hydrogens (tertiary/aromatic N) is 4. The number of fused-ring (bicyclic) bond motifs is 1. The molecule has 0 atom stereocenters. The normalized spacial score (nSPS) is 10.8. The van der Waals surface area contributed by atoms with Gasteiger partial charge in [-0.2, -0.15) is 10.1 Å². The van der Waals surface area contributed by atoms with Crippen LogP contribution in [-0.2, 0) is 6.54 Å². The second-order valence-corrected chi connectivity index (χ2v) is 3.60. The standard InChI is InChI=1S/C10H11N7/c11-9-7(6-13-15-9)5-12-10-14-8-3-1-2-4-17(8)16-10/h1-4,6H,5H2,(H,12,16)(H3,11,13,15). The zero-order valence-corrected chi connectivity index (χ0v) is 8.96.